The number of rotatable bonds is 3. The van der Waals surface area contributed by atoms with Gasteiger partial charge in [-0.2, -0.15) is 4.31 Å². The first-order valence-corrected chi connectivity index (χ1v) is 6.99. The molecule has 0 bridgehead atoms. The molecule has 0 amide bonds. The second kappa shape index (κ2) is 4.59. The molecule has 0 radical (unpaired) electrons. The van der Waals surface area contributed by atoms with Crippen molar-refractivity contribution < 1.29 is 8.42 Å². The average molecular weight is 220 g/mol. The molecule has 1 saturated heterocycles. The summed E-state index contributed by atoms with van der Waals surface area (Å²) in [6.45, 7) is 7.36. The summed E-state index contributed by atoms with van der Waals surface area (Å²) in [6.07, 6.45) is 2.41. The molecule has 1 aliphatic rings. The lowest BCUT2D eigenvalue weighted by molar-refractivity contribution is 0.143. The van der Waals surface area contributed by atoms with Crippen molar-refractivity contribution in [1.29, 1.82) is 0 Å². The van der Waals surface area contributed by atoms with Crippen molar-refractivity contribution in [3.8, 4) is 0 Å². The van der Waals surface area contributed by atoms with E-state index in [9.17, 15) is 8.42 Å². The Morgan fingerprint density at radius 3 is 2.07 bits per heavy atom. The molecule has 0 aromatic carbocycles. The maximum atomic E-state index is 11.2. The van der Waals surface area contributed by atoms with Crippen LogP contribution in [0.15, 0.2) is 0 Å². The molecule has 0 N–H and O–H groups in total. The lowest BCUT2D eigenvalue weighted by atomic mass is 10.2. The topological polar surface area (TPSA) is 40.6 Å². The third-order valence-electron chi connectivity index (χ3n) is 2.96. The van der Waals surface area contributed by atoms with E-state index in [0.29, 0.717) is 19.1 Å². The highest BCUT2D eigenvalue weighted by Gasteiger charge is 2.24. The smallest absolute Gasteiger partial charge is 0.211 e. The molecule has 4 nitrogen and oxygen atoms in total. The Labute approximate surface area is 86.9 Å². The minimum Gasteiger partial charge on any atom is -0.298 e. The fourth-order valence-corrected chi connectivity index (χ4v) is 2.56. The van der Waals surface area contributed by atoms with Crippen LogP contribution in [0.4, 0.5) is 0 Å². The van der Waals surface area contributed by atoms with E-state index in [4.69, 9.17) is 0 Å². The van der Waals surface area contributed by atoms with Crippen molar-refractivity contribution in [2.45, 2.75) is 26.3 Å². The third kappa shape index (κ3) is 2.93. The molecule has 1 heterocycles. The van der Waals surface area contributed by atoms with Gasteiger partial charge in [0.1, 0.15) is 0 Å². The Morgan fingerprint density at radius 1 is 1.21 bits per heavy atom. The van der Waals surface area contributed by atoms with Crippen LogP contribution in [0.1, 0.15) is 20.3 Å². The quantitative estimate of drug-likeness (QED) is 0.689. The lowest BCUT2D eigenvalue weighted by Gasteiger charge is -2.36. The third-order valence-corrected chi connectivity index (χ3v) is 4.26. The summed E-state index contributed by atoms with van der Waals surface area (Å²) in [5.41, 5.74) is 0. The largest absolute Gasteiger partial charge is 0.298 e. The fraction of sp³-hybridized carbons (Fsp3) is 1.00. The molecule has 0 aliphatic carbocycles. The Balaban J connectivity index is 2.47. The first kappa shape index (κ1) is 11.9. The van der Waals surface area contributed by atoms with Crippen molar-refractivity contribution in [3.63, 3.8) is 0 Å². The summed E-state index contributed by atoms with van der Waals surface area (Å²) in [7, 11) is -2.98. The SMILES string of the molecule is CC[C@H](C)N1CCN(S(C)(=O)=O)CC1. The summed E-state index contributed by atoms with van der Waals surface area (Å²) in [4.78, 5) is 2.35. The predicted molar refractivity (Wildman–Crippen MR) is 57.7 cm³/mol. The maximum Gasteiger partial charge on any atom is 0.211 e. The molecule has 0 spiro atoms. The summed E-state index contributed by atoms with van der Waals surface area (Å²) >= 11 is 0. The number of piperazine rings is 1. The summed E-state index contributed by atoms with van der Waals surface area (Å²) in [6, 6.07) is 0.566. The number of hydrogen-bond donors (Lipinski definition) is 0. The molecular weight excluding hydrogens is 200 g/mol. The molecule has 0 aromatic heterocycles. The van der Waals surface area contributed by atoms with Crippen molar-refractivity contribution in [2.24, 2.45) is 0 Å². The van der Waals surface area contributed by atoms with Crippen molar-refractivity contribution in [2.75, 3.05) is 32.4 Å². The molecule has 0 unspecified atom stereocenters. The minimum absolute atomic E-state index is 0.566. The van der Waals surface area contributed by atoms with Gasteiger partial charge in [-0.15, -0.1) is 0 Å². The molecule has 5 heteroatoms. The first-order chi connectivity index (χ1) is 6.45. The molecule has 1 aliphatic heterocycles. The molecule has 0 aromatic rings. The number of nitrogens with zero attached hydrogens (tertiary/aromatic N) is 2. The van der Waals surface area contributed by atoms with Crippen LogP contribution in [0.25, 0.3) is 0 Å². The van der Waals surface area contributed by atoms with Crippen LogP contribution in [-0.2, 0) is 10.0 Å². The second-order valence-electron chi connectivity index (χ2n) is 3.96. The van der Waals surface area contributed by atoms with Crippen LogP contribution in [0.5, 0.6) is 0 Å². The molecule has 0 saturated carbocycles. The van der Waals surface area contributed by atoms with E-state index < -0.39 is 10.0 Å². The van der Waals surface area contributed by atoms with Gasteiger partial charge in [0.15, 0.2) is 0 Å². The van der Waals surface area contributed by atoms with Gasteiger partial charge in [-0.1, -0.05) is 6.92 Å². The van der Waals surface area contributed by atoms with Gasteiger partial charge >= 0.3 is 0 Å². The molecule has 1 atom stereocenters. The number of sulfonamides is 1. The predicted octanol–water partition coefficient (Wildman–Crippen LogP) is 0.362. The van der Waals surface area contributed by atoms with Crippen LogP contribution >= 0.6 is 0 Å². The zero-order chi connectivity index (χ0) is 10.8. The maximum absolute atomic E-state index is 11.2. The van der Waals surface area contributed by atoms with E-state index in [2.05, 4.69) is 18.7 Å². The first-order valence-electron chi connectivity index (χ1n) is 5.14. The Kier molecular flexibility index (Phi) is 3.92. The minimum atomic E-state index is -2.98. The van der Waals surface area contributed by atoms with Gasteiger partial charge in [-0.05, 0) is 13.3 Å². The molecular formula is C9H20N2O2S. The molecule has 1 rings (SSSR count). The highest BCUT2D eigenvalue weighted by molar-refractivity contribution is 7.88. The van der Waals surface area contributed by atoms with Gasteiger partial charge in [-0.25, -0.2) is 8.42 Å². The second-order valence-corrected chi connectivity index (χ2v) is 5.94. The van der Waals surface area contributed by atoms with Crippen LogP contribution in [0.3, 0.4) is 0 Å². The molecule has 14 heavy (non-hydrogen) atoms. The van der Waals surface area contributed by atoms with Gasteiger partial charge in [0.25, 0.3) is 0 Å². The Morgan fingerprint density at radius 2 is 1.71 bits per heavy atom. The monoisotopic (exact) mass is 220 g/mol. The van der Waals surface area contributed by atoms with Gasteiger partial charge in [-0.3, -0.25) is 4.90 Å². The average Bonchev–Trinajstić information content (AvgIpc) is 2.15. The van der Waals surface area contributed by atoms with Gasteiger partial charge in [0.2, 0.25) is 10.0 Å². The van der Waals surface area contributed by atoms with Crippen molar-refractivity contribution >= 4 is 10.0 Å². The Bertz CT molecular complexity index is 269. The van der Waals surface area contributed by atoms with E-state index in [1.165, 1.54) is 6.26 Å². The lowest BCUT2D eigenvalue weighted by Crippen LogP contribution is -2.50. The van der Waals surface area contributed by atoms with E-state index in [1.807, 2.05) is 0 Å². The highest BCUT2D eigenvalue weighted by atomic mass is 32.2. The standard InChI is InChI=1S/C9H20N2O2S/c1-4-9(2)10-5-7-11(8-6-10)14(3,12)13/h9H,4-8H2,1-3H3/t9-/m0/s1. The van der Waals surface area contributed by atoms with E-state index in [0.717, 1.165) is 19.5 Å². The van der Waals surface area contributed by atoms with Gasteiger partial charge < -0.3 is 0 Å². The van der Waals surface area contributed by atoms with Crippen molar-refractivity contribution in [1.82, 2.24) is 9.21 Å². The van der Waals surface area contributed by atoms with Crippen molar-refractivity contribution in [3.05, 3.63) is 0 Å². The van der Waals surface area contributed by atoms with Gasteiger partial charge in [0, 0.05) is 32.2 Å². The Hall–Kier alpha value is -0.130. The van der Waals surface area contributed by atoms with Gasteiger partial charge in [0.05, 0.1) is 6.26 Å². The van der Waals surface area contributed by atoms with Crippen LogP contribution in [-0.4, -0.2) is 56.1 Å². The zero-order valence-electron chi connectivity index (χ0n) is 9.23. The highest BCUT2D eigenvalue weighted by Crippen LogP contribution is 2.10. The normalized spacial score (nSPS) is 23.6. The van der Waals surface area contributed by atoms with Crippen LogP contribution < -0.4 is 0 Å². The number of hydrogen-bond acceptors (Lipinski definition) is 3. The summed E-state index contributed by atoms with van der Waals surface area (Å²) in [5, 5.41) is 0. The van der Waals surface area contributed by atoms with E-state index in [1.54, 1.807) is 4.31 Å². The van der Waals surface area contributed by atoms with E-state index >= 15 is 0 Å². The van der Waals surface area contributed by atoms with Crippen LogP contribution in [0.2, 0.25) is 0 Å². The zero-order valence-corrected chi connectivity index (χ0v) is 10.0. The van der Waals surface area contributed by atoms with Crippen LogP contribution in [0, 0.1) is 0 Å². The summed E-state index contributed by atoms with van der Waals surface area (Å²) < 4.78 is 24.0. The van der Waals surface area contributed by atoms with E-state index in [-0.39, 0.29) is 0 Å². The summed E-state index contributed by atoms with van der Waals surface area (Å²) in [5.74, 6) is 0. The molecule has 1 fully saturated rings. The fourth-order valence-electron chi connectivity index (χ4n) is 1.73. The molecule has 84 valence electrons.